The van der Waals surface area contributed by atoms with Gasteiger partial charge in [0, 0.05) is 23.5 Å². The van der Waals surface area contributed by atoms with Crippen molar-refractivity contribution in [2.75, 3.05) is 6.54 Å². The van der Waals surface area contributed by atoms with E-state index in [0.717, 1.165) is 23.8 Å². The van der Waals surface area contributed by atoms with Gasteiger partial charge in [-0.3, -0.25) is 14.9 Å². The zero-order chi connectivity index (χ0) is 18.0. The molecule has 5 nitrogen and oxygen atoms in total. The Hall–Kier alpha value is -2.83. The number of hydrogen-bond donors (Lipinski definition) is 0. The number of likely N-dealkylation sites (tertiary alicyclic amines) is 1. The second kappa shape index (κ2) is 6.96. The van der Waals surface area contributed by atoms with Gasteiger partial charge in [-0.15, -0.1) is 0 Å². The minimum atomic E-state index is -1.18. The van der Waals surface area contributed by atoms with Gasteiger partial charge in [0.1, 0.15) is 11.6 Å². The third kappa shape index (κ3) is 3.65. The Balaban J connectivity index is 1.87. The normalized spacial score (nSPS) is 20.6. The summed E-state index contributed by atoms with van der Waals surface area (Å²) >= 11 is 0. The van der Waals surface area contributed by atoms with E-state index in [-0.39, 0.29) is 31.0 Å². The third-order valence-corrected chi connectivity index (χ3v) is 4.46. The highest BCUT2D eigenvalue weighted by Gasteiger charge is 2.43. The van der Waals surface area contributed by atoms with Crippen molar-refractivity contribution in [1.29, 1.82) is 0 Å². The van der Waals surface area contributed by atoms with Crippen molar-refractivity contribution < 1.29 is 18.5 Å². The summed E-state index contributed by atoms with van der Waals surface area (Å²) in [5.74, 6) is -2.71. The maximum atomic E-state index is 14.0. The summed E-state index contributed by atoms with van der Waals surface area (Å²) in [6, 6.07) is 10.8. The number of carbonyl (C=O) groups excluding carboxylic acids is 1. The largest absolute Gasteiger partial charge is 0.331 e. The van der Waals surface area contributed by atoms with Crippen molar-refractivity contribution >= 4 is 5.91 Å². The van der Waals surface area contributed by atoms with Crippen LogP contribution in [-0.2, 0) is 11.3 Å². The fraction of sp³-hybridized carbons (Fsp3) is 0.278. The van der Waals surface area contributed by atoms with Crippen molar-refractivity contribution in [3.05, 3.63) is 81.4 Å². The summed E-state index contributed by atoms with van der Waals surface area (Å²) < 4.78 is 27.5. The Morgan fingerprint density at radius 2 is 1.88 bits per heavy atom. The maximum Gasteiger partial charge on any atom is 0.237 e. The second-order valence-corrected chi connectivity index (χ2v) is 6.09. The van der Waals surface area contributed by atoms with Crippen LogP contribution in [0.25, 0.3) is 0 Å². The molecule has 1 heterocycles. The van der Waals surface area contributed by atoms with Gasteiger partial charge in [0.2, 0.25) is 11.9 Å². The Labute approximate surface area is 143 Å². The Morgan fingerprint density at radius 1 is 1.16 bits per heavy atom. The molecule has 1 aliphatic heterocycles. The first-order valence-corrected chi connectivity index (χ1v) is 7.86. The van der Waals surface area contributed by atoms with Crippen molar-refractivity contribution in [1.82, 2.24) is 4.90 Å². The fourth-order valence-electron chi connectivity index (χ4n) is 3.19. The molecule has 25 heavy (non-hydrogen) atoms. The van der Waals surface area contributed by atoms with Crippen LogP contribution in [0.1, 0.15) is 23.5 Å². The molecule has 0 bridgehead atoms. The van der Waals surface area contributed by atoms with Gasteiger partial charge in [-0.05, 0) is 23.8 Å². The lowest BCUT2D eigenvalue weighted by molar-refractivity contribution is -0.528. The number of benzene rings is 2. The van der Waals surface area contributed by atoms with Crippen LogP contribution in [0.4, 0.5) is 8.78 Å². The van der Waals surface area contributed by atoms with Crippen molar-refractivity contribution in [3.8, 4) is 0 Å². The van der Waals surface area contributed by atoms with Crippen LogP contribution in [0.5, 0.6) is 0 Å². The van der Waals surface area contributed by atoms with Gasteiger partial charge in [0.25, 0.3) is 0 Å². The van der Waals surface area contributed by atoms with Crippen LogP contribution in [0.15, 0.2) is 48.5 Å². The average molecular weight is 346 g/mol. The van der Waals surface area contributed by atoms with Crippen LogP contribution in [0.2, 0.25) is 0 Å². The number of rotatable bonds is 4. The molecule has 1 saturated heterocycles. The smallest absolute Gasteiger partial charge is 0.237 e. The van der Waals surface area contributed by atoms with Crippen LogP contribution in [0.3, 0.4) is 0 Å². The maximum absolute atomic E-state index is 14.0. The first kappa shape index (κ1) is 17.0. The Morgan fingerprint density at radius 3 is 2.56 bits per heavy atom. The second-order valence-electron chi connectivity index (χ2n) is 6.09. The summed E-state index contributed by atoms with van der Waals surface area (Å²) in [6.07, 6.45) is -0.223. The molecule has 2 aromatic rings. The molecule has 0 N–H and O–H groups in total. The Kier molecular flexibility index (Phi) is 4.74. The van der Waals surface area contributed by atoms with E-state index in [1.807, 2.05) is 30.3 Å². The van der Waals surface area contributed by atoms with E-state index in [1.165, 1.54) is 4.90 Å². The van der Waals surface area contributed by atoms with Gasteiger partial charge in [0.15, 0.2) is 0 Å². The number of piperidine rings is 1. The summed E-state index contributed by atoms with van der Waals surface area (Å²) in [6.45, 7) is 0.115. The first-order valence-electron chi connectivity index (χ1n) is 7.86. The minimum absolute atomic E-state index is 0.116. The van der Waals surface area contributed by atoms with Gasteiger partial charge in [-0.25, -0.2) is 8.78 Å². The van der Waals surface area contributed by atoms with Crippen LogP contribution < -0.4 is 0 Å². The van der Waals surface area contributed by atoms with E-state index < -0.39 is 28.5 Å². The molecule has 2 atom stereocenters. The van der Waals surface area contributed by atoms with E-state index in [0.29, 0.717) is 0 Å². The molecule has 2 aromatic carbocycles. The number of nitro groups is 1. The number of carbonyl (C=O) groups is 1. The van der Waals surface area contributed by atoms with Crippen molar-refractivity contribution in [3.63, 3.8) is 0 Å². The molecule has 7 heteroatoms. The molecule has 3 rings (SSSR count). The molecule has 1 fully saturated rings. The highest BCUT2D eigenvalue weighted by molar-refractivity contribution is 5.78. The molecule has 0 aromatic heterocycles. The van der Waals surface area contributed by atoms with Gasteiger partial charge in [-0.2, -0.15) is 0 Å². The topological polar surface area (TPSA) is 63.4 Å². The van der Waals surface area contributed by atoms with Gasteiger partial charge >= 0.3 is 0 Å². The number of halogens is 2. The van der Waals surface area contributed by atoms with Crippen LogP contribution in [0, 0.1) is 21.7 Å². The van der Waals surface area contributed by atoms with E-state index >= 15 is 0 Å². The van der Waals surface area contributed by atoms with E-state index in [9.17, 15) is 23.7 Å². The quantitative estimate of drug-likeness (QED) is 0.631. The molecule has 1 amide bonds. The Bertz CT molecular complexity index is 798. The van der Waals surface area contributed by atoms with Crippen molar-refractivity contribution in [2.24, 2.45) is 0 Å². The molecule has 0 aliphatic carbocycles. The van der Waals surface area contributed by atoms with Gasteiger partial charge in [0.05, 0.1) is 12.5 Å². The zero-order valence-corrected chi connectivity index (χ0v) is 13.3. The monoisotopic (exact) mass is 346 g/mol. The molecular weight excluding hydrogens is 330 g/mol. The molecule has 0 unspecified atom stereocenters. The highest BCUT2D eigenvalue weighted by atomic mass is 19.1. The predicted molar refractivity (Wildman–Crippen MR) is 86.4 cm³/mol. The lowest BCUT2D eigenvalue weighted by Gasteiger charge is -2.34. The summed E-state index contributed by atoms with van der Waals surface area (Å²) in [7, 11) is 0. The third-order valence-electron chi connectivity index (χ3n) is 4.46. The van der Waals surface area contributed by atoms with Crippen LogP contribution in [-0.4, -0.2) is 28.3 Å². The van der Waals surface area contributed by atoms with Crippen LogP contribution >= 0.6 is 0 Å². The predicted octanol–water partition coefficient (Wildman–Crippen LogP) is 3.13. The lowest BCUT2D eigenvalue weighted by atomic mass is 9.84. The molecule has 0 saturated carbocycles. The van der Waals surface area contributed by atoms with E-state index in [1.54, 1.807) is 0 Å². The first-order chi connectivity index (χ1) is 12.0. The minimum Gasteiger partial charge on any atom is -0.331 e. The van der Waals surface area contributed by atoms with Gasteiger partial charge < -0.3 is 4.90 Å². The lowest BCUT2D eigenvalue weighted by Crippen LogP contribution is -2.49. The summed E-state index contributed by atoms with van der Waals surface area (Å²) in [4.78, 5) is 24.8. The van der Waals surface area contributed by atoms with Crippen molar-refractivity contribution in [2.45, 2.75) is 24.9 Å². The van der Waals surface area contributed by atoms with Gasteiger partial charge in [-0.1, -0.05) is 30.3 Å². The average Bonchev–Trinajstić information content (AvgIpc) is 2.59. The summed E-state index contributed by atoms with van der Waals surface area (Å²) in [5.41, 5.74) is 0.739. The number of hydrogen-bond acceptors (Lipinski definition) is 3. The molecule has 0 spiro atoms. The molecule has 130 valence electrons. The molecule has 1 aliphatic rings. The van der Waals surface area contributed by atoms with E-state index in [2.05, 4.69) is 0 Å². The molecular formula is C18H16F2N2O3. The number of nitrogens with zero attached hydrogens (tertiary/aromatic N) is 2. The SMILES string of the molecule is O=C1C[C@H](c2cc(F)ccc2F)[C@@H]([N+](=O)[O-])CN1Cc1ccccc1. The summed E-state index contributed by atoms with van der Waals surface area (Å²) in [5, 5.41) is 11.5. The zero-order valence-electron chi connectivity index (χ0n) is 13.3. The highest BCUT2D eigenvalue weighted by Crippen LogP contribution is 2.33. The fourth-order valence-corrected chi connectivity index (χ4v) is 3.19. The standard InChI is InChI=1S/C18H16F2N2O3/c19-13-6-7-16(20)14(8-13)15-9-18(23)21(11-17(15)22(24)25)10-12-4-2-1-3-5-12/h1-8,15,17H,9-11H2/t15-,17+/m1/s1. The number of amides is 1. The molecule has 0 radical (unpaired) electrons. The van der Waals surface area contributed by atoms with E-state index in [4.69, 9.17) is 0 Å².